The molecule has 2 nitrogen and oxygen atoms in total. The normalized spacial score (nSPS) is 16.8. The Labute approximate surface area is 128 Å². The van der Waals surface area contributed by atoms with Crippen molar-refractivity contribution in [1.29, 1.82) is 0 Å². The molecule has 0 N–H and O–H groups in total. The third-order valence-corrected chi connectivity index (χ3v) is 4.01. The number of ether oxygens (including phenoxy) is 1. The molecule has 1 aliphatic rings. The first-order chi connectivity index (χ1) is 9.70. The van der Waals surface area contributed by atoms with Crippen LogP contribution in [-0.2, 0) is 4.74 Å². The molecule has 1 atom stereocenters. The molecule has 0 spiro atoms. The summed E-state index contributed by atoms with van der Waals surface area (Å²) in [5.41, 5.74) is 3.20. The second kappa shape index (κ2) is 5.47. The molecule has 1 aliphatic heterocycles. The van der Waals surface area contributed by atoms with Crippen LogP contribution in [0.1, 0.15) is 29.7 Å². The summed E-state index contributed by atoms with van der Waals surface area (Å²) in [6, 6.07) is 13.6. The summed E-state index contributed by atoms with van der Waals surface area (Å²) in [4.78, 5) is 4.68. The molecule has 0 amide bonds. The van der Waals surface area contributed by atoms with E-state index in [9.17, 15) is 0 Å². The standard InChI is InChI=1S/C16H13Cl2NO/c1-2-20-16-12-6-4-3-5-11(12)15(19-16)10-7-8-13(17)14(18)9-10/h3-9,15H,2H2,1H3. The second-order valence-electron chi connectivity index (χ2n) is 4.53. The van der Waals surface area contributed by atoms with E-state index in [2.05, 4.69) is 11.1 Å². The van der Waals surface area contributed by atoms with Gasteiger partial charge in [-0.3, -0.25) is 0 Å². The quantitative estimate of drug-likeness (QED) is 0.775. The smallest absolute Gasteiger partial charge is 0.217 e. The van der Waals surface area contributed by atoms with Gasteiger partial charge >= 0.3 is 0 Å². The van der Waals surface area contributed by atoms with Gasteiger partial charge in [-0.15, -0.1) is 0 Å². The lowest BCUT2D eigenvalue weighted by molar-refractivity contribution is 0.328. The lowest BCUT2D eigenvalue weighted by Crippen LogP contribution is -2.03. The molecular weight excluding hydrogens is 293 g/mol. The maximum Gasteiger partial charge on any atom is 0.217 e. The van der Waals surface area contributed by atoms with E-state index in [-0.39, 0.29) is 6.04 Å². The molecule has 1 heterocycles. The van der Waals surface area contributed by atoms with Crippen LogP contribution in [0.2, 0.25) is 10.0 Å². The maximum atomic E-state index is 6.11. The van der Waals surface area contributed by atoms with E-state index in [1.165, 1.54) is 0 Å². The third-order valence-electron chi connectivity index (χ3n) is 3.27. The van der Waals surface area contributed by atoms with Crippen molar-refractivity contribution in [1.82, 2.24) is 0 Å². The molecule has 0 saturated carbocycles. The molecule has 0 aliphatic carbocycles. The molecule has 4 heteroatoms. The number of fused-ring (bicyclic) bond motifs is 1. The van der Waals surface area contributed by atoms with Crippen molar-refractivity contribution < 1.29 is 4.74 Å². The predicted octanol–water partition coefficient (Wildman–Crippen LogP) is 4.88. The van der Waals surface area contributed by atoms with E-state index in [1.807, 2.05) is 37.3 Å². The molecule has 0 fully saturated rings. The molecule has 2 aromatic rings. The Morgan fingerprint density at radius 3 is 2.65 bits per heavy atom. The lowest BCUT2D eigenvalue weighted by atomic mass is 9.98. The van der Waals surface area contributed by atoms with Crippen LogP contribution < -0.4 is 0 Å². The zero-order valence-electron chi connectivity index (χ0n) is 10.9. The fourth-order valence-corrected chi connectivity index (χ4v) is 2.68. The van der Waals surface area contributed by atoms with Crippen molar-refractivity contribution in [2.75, 3.05) is 6.61 Å². The summed E-state index contributed by atoms with van der Waals surface area (Å²) in [5, 5.41) is 1.09. The highest BCUT2D eigenvalue weighted by Gasteiger charge is 2.27. The van der Waals surface area contributed by atoms with Gasteiger partial charge in [-0.1, -0.05) is 47.5 Å². The molecule has 0 saturated heterocycles. The van der Waals surface area contributed by atoms with E-state index < -0.39 is 0 Å². The summed E-state index contributed by atoms with van der Waals surface area (Å²) in [5.74, 6) is 0.694. The van der Waals surface area contributed by atoms with Crippen LogP contribution in [0.25, 0.3) is 0 Å². The van der Waals surface area contributed by atoms with E-state index >= 15 is 0 Å². The highest BCUT2D eigenvalue weighted by molar-refractivity contribution is 6.42. The number of aliphatic imine (C=N–C) groups is 1. The van der Waals surface area contributed by atoms with Crippen LogP contribution in [0, 0.1) is 0 Å². The summed E-state index contributed by atoms with van der Waals surface area (Å²) in [6.45, 7) is 2.55. The van der Waals surface area contributed by atoms with Crippen molar-refractivity contribution in [3.8, 4) is 0 Å². The van der Waals surface area contributed by atoms with Crippen LogP contribution in [0.15, 0.2) is 47.5 Å². The van der Waals surface area contributed by atoms with Gasteiger partial charge in [-0.05, 0) is 36.2 Å². The Hall–Kier alpha value is -1.51. The number of benzene rings is 2. The molecule has 0 radical (unpaired) electrons. The minimum absolute atomic E-state index is 0.0810. The van der Waals surface area contributed by atoms with E-state index in [0.717, 1.165) is 16.7 Å². The Bertz CT molecular complexity index is 682. The molecule has 102 valence electrons. The van der Waals surface area contributed by atoms with Crippen molar-refractivity contribution in [2.24, 2.45) is 4.99 Å². The van der Waals surface area contributed by atoms with Gasteiger partial charge in [0, 0.05) is 5.56 Å². The summed E-state index contributed by atoms with van der Waals surface area (Å²) in [7, 11) is 0. The first kappa shape index (κ1) is 13.5. The van der Waals surface area contributed by atoms with Gasteiger partial charge in [0.2, 0.25) is 5.90 Å². The molecule has 2 aromatic carbocycles. The van der Waals surface area contributed by atoms with Gasteiger partial charge in [-0.25, -0.2) is 4.99 Å². The SMILES string of the molecule is CCOC1=NC(c2ccc(Cl)c(Cl)c2)c2ccccc21. The average Bonchev–Trinajstić information content (AvgIpc) is 2.82. The highest BCUT2D eigenvalue weighted by Crippen LogP contribution is 2.37. The Morgan fingerprint density at radius 1 is 1.10 bits per heavy atom. The van der Waals surface area contributed by atoms with Gasteiger partial charge in [0.25, 0.3) is 0 Å². The van der Waals surface area contributed by atoms with E-state index in [1.54, 1.807) is 6.07 Å². The predicted molar refractivity (Wildman–Crippen MR) is 82.9 cm³/mol. The Kier molecular flexibility index (Phi) is 3.68. The zero-order valence-corrected chi connectivity index (χ0v) is 12.4. The monoisotopic (exact) mass is 305 g/mol. The molecule has 0 bridgehead atoms. The van der Waals surface area contributed by atoms with Gasteiger partial charge in [0.05, 0.1) is 16.7 Å². The minimum atomic E-state index is -0.0810. The number of hydrogen-bond acceptors (Lipinski definition) is 2. The van der Waals surface area contributed by atoms with Gasteiger partial charge in [0.15, 0.2) is 0 Å². The molecule has 0 aromatic heterocycles. The molecule has 3 rings (SSSR count). The fourth-order valence-electron chi connectivity index (χ4n) is 2.37. The van der Waals surface area contributed by atoms with Gasteiger partial charge < -0.3 is 4.74 Å². The summed E-state index contributed by atoms with van der Waals surface area (Å²) in [6.07, 6.45) is 0. The van der Waals surface area contributed by atoms with Crippen molar-refractivity contribution in [3.05, 3.63) is 69.2 Å². The molecular formula is C16H13Cl2NO. The molecule has 1 unspecified atom stereocenters. The van der Waals surface area contributed by atoms with Crippen LogP contribution in [0.3, 0.4) is 0 Å². The van der Waals surface area contributed by atoms with Crippen LogP contribution in [0.5, 0.6) is 0 Å². The first-order valence-corrected chi connectivity index (χ1v) is 7.21. The number of hydrogen-bond donors (Lipinski definition) is 0. The van der Waals surface area contributed by atoms with Crippen LogP contribution in [-0.4, -0.2) is 12.5 Å². The topological polar surface area (TPSA) is 21.6 Å². The van der Waals surface area contributed by atoms with Crippen LogP contribution in [0.4, 0.5) is 0 Å². The van der Waals surface area contributed by atoms with Crippen LogP contribution >= 0.6 is 23.2 Å². The largest absolute Gasteiger partial charge is 0.478 e. The number of nitrogens with zero attached hydrogens (tertiary/aromatic N) is 1. The fraction of sp³-hybridized carbons (Fsp3) is 0.188. The van der Waals surface area contributed by atoms with Crippen molar-refractivity contribution in [2.45, 2.75) is 13.0 Å². The second-order valence-corrected chi connectivity index (χ2v) is 5.34. The zero-order chi connectivity index (χ0) is 14.1. The lowest BCUT2D eigenvalue weighted by Gasteiger charge is -2.10. The third kappa shape index (κ3) is 2.30. The maximum absolute atomic E-state index is 6.11. The number of rotatable bonds is 2. The van der Waals surface area contributed by atoms with Crippen molar-refractivity contribution >= 4 is 29.1 Å². The Morgan fingerprint density at radius 2 is 1.90 bits per heavy atom. The van der Waals surface area contributed by atoms with Gasteiger partial charge in [0.1, 0.15) is 6.04 Å². The number of halogens is 2. The summed E-state index contributed by atoms with van der Waals surface area (Å²) >= 11 is 12.1. The first-order valence-electron chi connectivity index (χ1n) is 6.45. The van der Waals surface area contributed by atoms with E-state index in [4.69, 9.17) is 27.9 Å². The Balaban J connectivity index is 2.07. The van der Waals surface area contributed by atoms with Gasteiger partial charge in [-0.2, -0.15) is 0 Å². The minimum Gasteiger partial charge on any atom is -0.478 e. The van der Waals surface area contributed by atoms with E-state index in [0.29, 0.717) is 22.5 Å². The summed E-state index contributed by atoms with van der Waals surface area (Å²) < 4.78 is 5.63. The average molecular weight is 306 g/mol. The highest BCUT2D eigenvalue weighted by atomic mass is 35.5. The van der Waals surface area contributed by atoms with Crippen molar-refractivity contribution in [3.63, 3.8) is 0 Å². The molecule has 20 heavy (non-hydrogen) atoms.